The van der Waals surface area contributed by atoms with Crippen molar-refractivity contribution in [2.24, 2.45) is 5.92 Å². The molecule has 2 aliphatic rings. The molecule has 0 aromatic heterocycles. The summed E-state index contributed by atoms with van der Waals surface area (Å²) in [5.41, 5.74) is 5.20. The second-order valence-electron chi connectivity index (χ2n) is 8.85. The third-order valence-electron chi connectivity index (χ3n) is 6.42. The number of benzene rings is 3. The topological polar surface area (TPSA) is 27.3 Å². The minimum absolute atomic E-state index is 0.0951. The number of rotatable bonds is 5. The van der Waals surface area contributed by atoms with Crippen LogP contribution in [0.25, 0.3) is 0 Å². The van der Waals surface area contributed by atoms with Gasteiger partial charge in [-0.15, -0.1) is 0 Å². The van der Waals surface area contributed by atoms with Crippen LogP contribution in [0.3, 0.4) is 0 Å². The monoisotopic (exact) mass is 479 g/mol. The summed E-state index contributed by atoms with van der Waals surface area (Å²) in [6.45, 7) is 2.11. The third-order valence-corrected chi connectivity index (χ3v) is 6.64. The molecule has 2 atom stereocenters. The molecule has 3 aromatic rings. The lowest BCUT2D eigenvalue weighted by Crippen LogP contribution is -2.52. The molecule has 0 spiro atoms. The molecule has 2 heterocycles. The quantitative estimate of drug-likeness (QED) is 0.489. The van der Waals surface area contributed by atoms with Gasteiger partial charge in [0, 0.05) is 31.2 Å². The van der Waals surface area contributed by atoms with E-state index in [1.54, 1.807) is 24.3 Å². The number of nitrogens with zero attached hydrogens (tertiary/aromatic N) is 1. The van der Waals surface area contributed by atoms with Crippen LogP contribution in [0.1, 0.15) is 22.7 Å². The summed E-state index contributed by atoms with van der Waals surface area (Å²) in [6, 6.07) is 19.4. The maximum atomic E-state index is 13.6. The van der Waals surface area contributed by atoms with Crippen LogP contribution in [0, 0.1) is 23.4 Å². The minimum Gasteiger partial charge on any atom is -0.352 e. The summed E-state index contributed by atoms with van der Waals surface area (Å²) in [4.78, 5) is 2.33. The van der Waals surface area contributed by atoms with Gasteiger partial charge in [0.25, 0.3) is 0 Å². The number of hydrogen-bond acceptors (Lipinski definition) is 2. The zero-order chi connectivity index (χ0) is 23.7. The van der Waals surface area contributed by atoms with Gasteiger partial charge in [-0.2, -0.15) is 0 Å². The first-order chi connectivity index (χ1) is 16.4. The Hall–Kier alpha value is -3.16. The molecular formula is C27H24F3N3S. The molecule has 3 aromatic carbocycles. The summed E-state index contributed by atoms with van der Waals surface area (Å²) in [7, 11) is 0. The molecule has 2 unspecified atom stereocenters. The molecule has 0 aliphatic carbocycles. The predicted molar refractivity (Wildman–Crippen MR) is 130 cm³/mol. The molecule has 2 aliphatic heterocycles. The van der Waals surface area contributed by atoms with E-state index in [4.69, 9.17) is 12.2 Å². The van der Waals surface area contributed by atoms with Crippen molar-refractivity contribution in [3.05, 3.63) is 118 Å². The number of hydrogen-bond donors (Lipinski definition) is 2. The van der Waals surface area contributed by atoms with Crippen LogP contribution < -0.4 is 10.6 Å². The second-order valence-corrected chi connectivity index (χ2v) is 9.25. The van der Waals surface area contributed by atoms with Crippen molar-refractivity contribution >= 4 is 17.3 Å². The lowest BCUT2D eigenvalue weighted by Gasteiger charge is -2.43. The van der Waals surface area contributed by atoms with Crippen LogP contribution in [0.15, 0.2) is 84.1 Å². The van der Waals surface area contributed by atoms with E-state index in [1.807, 2.05) is 12.1 Å². The van der Waals surface area contributed by atoms with Gasteiger partial charge >= 0.3 is 0 Å². The normalized spacial score (nSPS) is 20.5. The molecule has 7 heteroatoms. The molecule has 0 radical (unpaired) electrons. The fraction of sp³-hybridized carbons (Fsp3) is 0.222. The van der Waals surface area contributed by atoms with Crippen LogP contribution in [0.2, 0.25) is 0 Å². The first-order valence-corrected chi connectivity index (χ1v) is 11.6. The van der Waals surface area contributed by atoms with Gasteiger partial charge in [-0.1, -0.05) is 36.4 Å². The Morgan fingerprint density at radius 1 is 0.794 bits per heavy atom. The van der Waals surface area contributed by atoms with E-state index in [-0.39, 0.29) is 29.4 Å². The van der Waals surface area contributed by atoms with Gasteiger partial charge in [0.15, 0.2) is 5.11 Å². The van der Waals surface area contributed by atoms with Crippen molar-refractivity contribution in [3.8, 4) is 0 Å². The van der Waals surface area contributed by atoms with Crippen LogP contribution in [0.5, 0.6) is 0 Å². The number of halogens is 3. The minimum atomic E-state index is -0.287. The van der Waals surface area contributed by atoms with Crippen molar-refractivity contribution in [1.82, 2.24) is 15.5 Å². The molecule has 0 saturated heterocycles. The van der Waals surface area contributed by atoms with Gasteiger partial charge in [0.05, 0.1) is 6.04 Å². The maximum absolute atomic E-state index is 13.6. The van der Waals surface area contributed by atoms with Crippen molar-refractivity contribution in [2.45, 2.75) is 19.0 Å². The van der Waals surface area contributed by atoms with Gasteiger partial charge in [-0.05, 0) is 77.3 Å². The fourth-order valence-electron chi connectivity index (χ4n) is 4.84. The highest BCUT2D eigenvalue weighted by Gasteiger charge is 2.36. The summed E-state index contributed by atoms with van der Waals surface area (Å²) in [6.07, 6.45) is 0.713. The summed E-state index contributed by atoms with van der Waals surface area (Å²) in [5.74, 6) is -0.710. The Bertz CT molecular complexity index is 1210. The van der Waals surface area contributed by atoms with Crippen molar-refractivity contribution in [3.63, 3.8) is 0 Å². The van der Waals surface area contributed by atoms with E-state index in [0.717, 1.165) is 34.5 Å². The Morgan fingerprint density at radius 2 is 1.35 bits per heavy atom. The second kappa shape index (κ2) is 9.60. The average molecular weight is 480 g/mol. The SMILES string of the molecule is Fc1ccc(CC2CN(Cc3ccc(F)cc3)CC3=C2NC(=S)NC3c2ccc(F)cc2)cc1. The maximum Gasteiger partial charge on any atom is 0.171 e. The van der Waals surface area contributed by atoms with Crippen molar-refractivity contribution < 1.29 is 13.2 Å². The van der Waals surface area contributed by atoms with E-state index >= 15 is 0 Å². The summed E-state index contributed by atoms with van der Waals surface area (Å²) >= 11 is 5.53. The first kappa shape index (κ1) is 22.6. The Morgan fingerprint density at radius 3 is 1.97 bits per heavy atom. The molecule has 0 saturated carbocycles. The fourth-order valence-corrected chi connectivity index (χ4v) is 5.07. The summed E-state index contributed by atoms with van der Waals surface area (Å²) < 4.78 is 40.5. The van der Waals surface area contributed by atoms with Crippen LogP contribution in [-0.2, 0) is 13.0 Å². The van der Waals surface area contributed by atoms with E-state index in [1.165, 1.54) is 36.4 Å². The molecule has 174 valence electrons. The van der Waals surface area contributed by atoms with Crippen molar-refractivity contribution in [1.29, 1.82) is 0 Å². The molecular weight excluding hydrogens is 455 g/mol. The van der Waals surface area contributed by atoms with Gasteiger partial charge in [0.2, 0.25) is 0 Å². The molecule has 0 bridgehead atoms. The number of nitrogens with one attached hydrogen (secondary N) is 2. The Balaban J connectivity index is 1.50. The standard InChI is InChI=1S/C27H24F3N3S/c28-21-7-1-17(2-8-21)13-20-15-33(14-18-3-9-22(29)10-4-18)16-24-25(31-27(34)32-26(20)24)19-5-11-23(30)12-6-19/h1-12,20,25H,13-16H2,(H2,31,32,34). The van der Waals surface area contributed by atoms with Crippen LogP contribution in [-0.4, -0.2) is 23.1 Å². The molecule has 3 nitrogen and oxygen atoms in total. The average Bonchev–Trinajstić information content (AvgIpc) is 2.83. The Labute approximate surface area is 202 Å². The van der Waals surface area contributed by atoms with Gasteiger partial charge < -0.3 is 10.6 Å². The largest absolute Gasteiger partial charge is 0.352 e. The summed E-state index contributed by atoms with van der Waals surface area (Å²) in [5, 5.41) is 7.26. The van der Waals surface area contributed by atoms with E-state index in [2.05, 4.69) is 15.5 Å². The highest BCUT2D eigenvalue weighted by atomic mass is 32.1. The van der Waals surface area contributed by atoms with Gasteiger partial charge in [-0.25, -0.2) is 13.2 Å². The Kier molecular flexibility index (Phi) is 6.39. The van der Waals surface area contributed by atoms with Gasteiger partial charge in [0.1, 0.15) is 17.5 Å². The van der Waals surface area contributed by atoms with E-state index < -0.39 is 0 Å². The van der Waals surface area contributed by atoms with E-state index in [0.29, 0.717) is 24.6 Å². The first-order valence-electron chi connectivity index (χ1n) is 11.2. The zero-order valence-electron chi connectivity index (χ0n) is 18.4. The molecule has 2 N–H and O–H groups in total. The molecule has 0 fully saturated rings. The lowest BCUT2D eigenvalue weighted by atomic mass is 9.84. The molecule has 34 heavy (non-hydrogen) atoms. The molecule has 0 amide bonds. The molecule has 5 rings (SSSR count). The zero-order valence-corrected chi connectivity index (χ0v) is 19.2. The third kappa shape index (κ3) is 5.00. The van der Waals surface area contributed by atoms with Crippen LogP contribution in [0.4, 0.5) is 13.2 Å². The highest BCUT2D eigenvalue weighted by Crippen LogP contribution is 2.35. The van der Waals surface area contributed by atoms with Crippen molar-refractivity contribution in [2.75, 3.05) is 13.1 Å². The smallest absolute Gasteiger partial charge is 0.171 e. The van der Waals surface area contributed by atoms with Gasteiger partial charge in [-0.3, -0.25) is 4.90 Å². The lowest BCUT2D eigenvalue weighted by molar-refractivity contribution is 0.221. The number of thiocarbonyl (C=S) groups is 1. The highest BCUT2D eigenvalue weighted by molar-refractivity contribution is 7.80. The predicted octanol–water partition coefficient (Wildman–Crippen LogP) is 5.25. The van der Waals surface area contributed by atoms with Crippen LogP contribution >= 0.6 is 12.2 Å². The van der Waals surface area contributed by atoms with E-state index in [9.17, 15) is 13.2 Å².